The quantitative estimate of drug-likeness (QED) is 0.727. The molecular formula is C16H15N3OS. The second-order valence-corrected chi connectivity index (χ2v) is 5.44. The van der Waals surface area contributed by atoms with Crippen molar-refractivity contribution in [1.82, 2.24) is 9.55 Å². The topological polar surface area (TPSA) is 64.1 Å². The van der Waals surface area contributed by atoms with Crippen LogP contribution in [0.4, 0.5) is 0 Å². The maximum Gasteiger partial charge on any atom is 0.116 e. The Bertz CT molecular complexity index is 810. The van der Waals surface area contributed by atoms with Gasteiger partial charge in [-0.05, 0) is 29.8 Å². The number of hydrogen-bond donors (Lipinski definition) is 2. The van der Waals surface area contributed by atoms with Crippen LogP contribution in [0.25, 0.3) is 11.0 Å². The fourth-order valence-corrected chi connectivity index (χ4v) is 2.56. The molecule has 1 aromatic heterocycles. The van der Waals surface area contributed by atoms with E-state index >= 15 is 0 Å². The highest BCUT2D eigenvalue weighted by molar-refractivity contribution is 7.80. The molecule has 0 unspecified atom stereocenters. The van der Waals surface area contributed by atoms with E-state index in [4.69, 9.17) is 18.0 Å². The number of phenolic OH excluding ortho intramolecular Hbond substituents is 1. The van der Waals surface area contributed by atoms with Gasteiger partial charge in [-0.15, -0.1) is 0 Å². The van der Waals surface area contributed by atoms with Gasteiger partial charge in [-0.3, -0.25) is 0 Å². The predicted molar refractivity (Wildman–Crippen MR) is 87.4 cm³/mol. The van der Waals surface area contributed by atoms with E-state index in [1.807, 2.05) is 36.4 Å². The van der Waals surface area contributed by atoms with E-state index in [1.165, 1.54) is 0 Å². The molecule has 0 amide bonds. The number of nitrogens with two attached hydrogens (primary N) is 1. The van der Waals surface area contributed by atoms with Crippen molar-refractivity contribution >= 4 is 28.2 Å². The average molecular weight is 297 g/mol. The first-order valence-corrected chi connectivity index (χ1v) is 7.04. The third kappa shape index (κ3) is 2.87. The number of benzene rings is 2. The summed E-state index contributed by atoms with van der Waals surface area (Å²) in [7, 11) is 0. The lowest BCUT2D eigenvalue weighted by Gasteiger charge is -2.09. The summed E-state index contributed by atoms with van der Waals surface area (Å²) in [6.07, 6.45) is 0.461. The van der Waals surface area contributed by atoms with Crippen LogP contribution in [-0.2, 0) is 13.0 Å². The first-order chi connectivity index (χ1) is 10.1. The Balaban J connectivity index is 2.08. The highest BCUT2D eigenvalue weighted by atomic mass is 32.1. The molecular weight excluding hydrogens is 282 g/mol. The molecule has 0 spiro atoms. The fraction of sp³-hybridized carbons (Fsp3) is 0.125. The number of rotatable bonds is 4. The van der Waals surface area contributed by atoms with E-state index in [0.29, 0.717) is 18.0 Å². The van der Waals surface area contributed by atoms with Gasteiger partial charge in [0.15, 0.2) is 0 Å². The van der Waals surface area contributed by atoms with E-state index in [0.717, 1.165) is 22.4 Å². The molecule has 3 aromatic rings. The third-order valence-corrected chi connectivity index (χ3v) is 3.46. The lowest BCUT2D eigenvalue weighted by Crippen LogP contribution is -2.15. The molecule has 0 aliphatic carbocycles. The van der Waals surface area contributed by atoms with Gasteiger partial charge in [-0.2, -0.15) is 0 Å². The first-order valence-electron chi connectivity index (χ1n) is 6.64. The van der Waals surface area contributed by atoms with Gasteiger partial charge in [-0.25, -0.2) is 4.98 Å². The number of thiocarbonyl (C=S) groups is 1. The van der Waals surface area contributed by atoms with Crippen molar-refractivity contribution in [3.05, 3.63) is 59.9 Å². The van der Waals surface area contributed by atoms with Crippen molar-refractivity contribution in [1.29, 1.82) is 0 Å². The van der Waals surface area contributed by atoms with Crippen LogP contribution in [0.5, 0.6) is 5.75 Å². The lowest BCUT2D eigenvalue weighted by atomic mass is 10.2. The Hall–Kier alpha value is -2.40. The summed E-state index contributed by atoms with van der Waals surface area (Å²) < 4.78 is 2.09. The minimum atomic E-state index is 0.257. The molecule has 0 saturated carbocycles. The molecule has 0 aliphatic rings. The van der Waals surface area contributed by atoms with Crippen LogP contribution in [0.1, 0.15) is 11.4 Å². The van der Waals surface area contributed by atoms with Crippen LogP contribution in [0.15, 0.2) is 48.5 Å². The molecule has 0 atom stereocenters. The zero-order valence-electron chi connectivity index (χ0n) is 11.4. The van der Waals surface area contributed by atoms with E-state index < -0.39 is 0 Å². The predicted octanol–water partition coefficient (Wildman–Crippen LogP) is 2.62. The number of fused-ring (bicyclic) bond motifs is 1. The van der Waals surface area contributed by atoms with Crippen molar-refractivity contribution in [3.8, 4) is 5.75 Å². The average Bonchev–Trinajstić information content (AvgIpc) is 2.76. The second kappa shape index (κ2) is 5.54. The molecule has 106 valence electrons. The summed E-state index contributed by atoms with van der Waals surface area (Å²) in [6.45, 7) is 0.618. The van der Waals surface area contributed by atoms with Crippen molar-refractivity contribution in [2.45, 2.75) is 13.0 Å². The SMILES string of the molecule is NC(=S)Cc1nc2ccccc2n1Cc1cccc(O)c1. The van der Waals surface area contributed by atoms with Gasteiger partial charge in [0.25, 0.3) is 0 Å². The van der Waals surface area contributed by atoms with Crippen LogP contribution in [-0.4, -0.2) is 19.6 Å². The molecule has 1 heterocycles. The van der Waals surface area contributed by atoms with Gasteiger partial charge < -0.3 is 15.4 Å². The van der Waals surface area contributed by atoms with Gasteiger partial charge in [0.2, 0.25) is 0 Å². The van der Waals surface area contributed by atoms with Crippen molar-refractivity contribution < 1.29 is 5.11 Å². The zero-order valence-corrected chi connectivity index (χ0v) is 12.2. The Morgan fingerprint density at radius 3 is 2.76 bits per heavy atom. The molecule has 0 saturated heterocycles. The molecule has 0 aliphatic heterocycles. The van der Waals surface area contributed by atoms with E-state index in [1.54, 1.807) is 12.1 Å². The monoisotopic (exact) mass is 297 g/mol. The van der Waals surface area contributed by atoms with Crippen molar-refractivity contribution in [3.63, 3.8) is 0 Å². The number of aromatic hydroxyl groups is 1. The molecule has 0 bridgehead atoms. The van der Waals surface area contributed by atoms with Crippen LogP contribution >= 0.6 is 12.2 Å². The normalized spacial score (nSPS) is 10.9. The van der Waals surface area contributed by atoms with E-state index in [-0.39, 0.29) is 5.75 Å². The molecule has 0 radical (unpaired) electrons. The third-order valence-electron chi connectivity index (χ3n) is 3.32. The number of nitrogens with zero attached hydrogens (tertiary/aromatic N) is 2. The molecule has 21 heavy (non-hydrogen) atoms. The van der Waals surface area contributed by atoms with Crippen LogP contribution in [0.3, 0.4) is 0 Å². The highest BCUT2D eigenvalue weighted by Gasteiger charge is 2.11. The minimum Gasteiger partial charge on any atom is -0.508 e. The molecule has 2 aromatic carbocycles. The standard InChI is InChI=1S/C16H15N3OS/c17-15(21)9-16-18-13-6-1-2-7-14(13)19(16)10-11-4-3-5-12(20)8-11/h1-8,20H,9-10H2,(H2,17,21). The van der Waals surface area contributed by atoms with E-state index in [2.05, 4.69) is 9.55 Å². The Morgan fingerprint density at radius 2 is 2.00 bits per heavy atom. The van der Waals surface area contributed by atoms with Gasteiger partial charge in [-0.1, -0.05) is 36.5 Å². The largest absolute Gasteiger partial charge is 0.508 e. The van der Waals surface area contributed by atoms with Gasteiger partial charge in [0.05, 0.1) is 22.4 Å². The fourth-order valence-electron chi connectivity index (χ4n) is 2.43. The van der Waals surface area contributed by atoms with Gasteiger partial charge >= 0.3 is 0 Å². The first kappa shape index (κ1) is 13.6. The molecule has 0 fully saturated rings. The Kier molecular flexibility index (Phi) is 3.58. The molecule has 3 N–H and O–H groups in total. The maximum absolute atomic E-state index is 9.60. The molecule has 5 heteroatoms. The van der Waals surface area contributed by atoms with Crippen LogP contribution < -0.4 is 5.73 Å². The number of phenols is 1. The number of aromatic nitrogens is 2. The summed E-state index contributed by atoms with van der Waals surface area (Å²) >= 11 is 5.01. The van der Waals surface area contributed by atoms with Crippen LogP contribution in [0, 0.1) is 0 Å². The lowest BCUT2D eigenvalue weighted by molar-refractivity contribution is 0.474. The smallest absolute Gasteiger partial charge is 0.116 e. The van der Waals surface area contributed by atoms with Crippen LogP contribution in [0.2, 0.25) is 0 Å². The van der Waals surface area contributed by atoms with Gasteiger partial charge in [0.1, 0.15) is 11.6 Å². The Labute approximate surface area is 127 Å². The van der Waals surface area contributed by atoms with Gasteiger partial charge in [0, 0.05) is 6.54 Å². The minimum absolute atomic E-state index is 0.257. The number of hydrogen-bond acceptors (Lipinski definition) is 3. The zero-order chi connectivity index (χ0) is 14.8. The molecule has 4 nitrogen and oxygen atoms in total. The maximum atomic E-state index is 9.60. The summed E-state index contributed by atoms with van der Waals surface area (Å²) in [5.74, 6) is 1.10. The number of imidazole rings is 1. The second-order valence-electron chi connectivity index (χ2n) is 4.92. The summed E-state index contributed by atoms with van der Waals surface area (Å²) in [5.41, 5.74) is 8.63. The molecule has 3 rings (SSSR count). The van der Waals surface area contributed by atoms with Crippen molar-refractivity contribution in [2.24, 2.45) is 5.73 Å². The summed E-state index contributed by atoms with van der Waals surface area (Å²) in [4.78, 5) is 5.02. The number of para-hydroxylation sites is 2. The summed E-state index contributed by atoms with van der Waals surface area (Å²) in [6, 6.07) is 15.1. The van der Waals surface area contributed by atoms with Crippen molar-refractivity contribution in [2.75, 3.05) is 0 Å². The highest BCUT2D eigenvalue weighted by Crippen LogP contribution is 2.20. The Morgan fingerprint density at radius 1 is 1.19 bits per heavy atom. The summed E-state index contributed by atoms with van der Waals surface area (Å²) in [5, 5.41) is 9.60. The van der Waals surface area contributed by atoms with E-state index in [9.17, 15) is 5.11 Å².